The number of nitrogens with one attached hydrogen (secondary N) is 1. The molecule has 1 heterocycles. The topological polar surface area (TPSA) is 46.2 Å². The minimum Gasteiger partial charge on any atom is -0.355 e. The molecule has 0 saturated carbocycles. The highest BCUT2D eigenvalue weighted by Crippen LogP contribution is 2.22. The second-order valence-electron chi connectivity index (χ2n) is 4.94. The van der Waals surface area contributed by atoms with Crippen molar-refractivity contribution < 1.29 is 9.59 Å². The summed E-state index contributed by atoms with van der Waals surface area (Å²) in [6.07, 6.45) is 1.77. The number of hydrogen-bond acceptors (Lipinski definition) is 3. The summed E-state index contributed by atoms with van der Waals surface area (Å²) in [5, 5.41) is 3.01. The molecule has 0 fully saturated rings. The van der Waals surface area contributed by atoms with Crippen LogP contribution in [0.5, 0.6) is 0 Å². The molecule has 1 aromatic carbocycles. The molecule has 19 heavy (non-hydrogen) atoms. The van der Waals surface area contributed by atoms with E-state index in [1.807, 2.05) is 30.3 Å². The summed E-state index contributed by atoms with van der Waals surface area (Å²) in [7, 11) is 0. The Hall–Kier alpha value is -2.16. The molecule has 0 atom stereocenters. The maximum atomic E-state index is 12.3. The van der Waals surface area contributed by atoms with Crippen LogP contribution < -0.4 is 5.32 Å². The van der Waals surface area contributed by atoms with E-state index >= 15 is 0 Å². The van der Waals surface area contributed by atoms with E-state index in [0.717, 1.165) is 5.56 Å². The zero-order chi connectivity index (χ0) is 14.0. The van der Waals surface area contributed by atoms with E-state index in [9.17, 15) is 9.59 Å². The van der Waals surface area contributed by atoms with Crippen molar-refractivity contribution in [3.8, 4) is 0 Å². The lowest BCUT2D eigenvalue weighted by molar-refractivity contribution is -0.121. The van der Waals surface area contributed by atoms with Gasteiger partial charge in [0.05, 0.1) is 11.3 Å². The summed E-state index contributed by atoms with van der Waals surface area (Å²) in [6, 6.07) is 9.57. The van der Waals surface area contributed by atoms with Crippen molar-refractivity contribution in [2.45, 2.75) is 20.8 Å². The third kappa shape index (κ3) is 2.65. The first kappa shape index (κ1) is 13.3. The Kier molecular flexibility index (Phi) is 3.65. The highest BCUT2D eigenvalue weighted by Gasteiger charge is 2.31. The van der Waals surface area contributed by atoms with Crippen LogP contribution in [0, 0.1) is 5.92 Å². The number of allylic oxidation sites excluding steroid dienone is 2. The van der Waals surface area contributed by atoms with E-state index < -0.39 is 0 Å². The molecule has 1 aromatic rings. The lowest BCUT2D eigenvalue weighted by Crippen LogP contribution is -2.16. The fraction of sp³-hybridized carbons (Fsp3) is 0.250. The Morgan fingerprint density at radius 1 is 1.21 bits per heavy atom. The van der Waals surface area contributed by atoms with E-state index in [1.165, 1.54) is 0 Å². The first-order valence-electron chi connectivity index (χ1n) is 6.34. The van der Waals surface area contributed by atoms with Crippen LogP contribution in [0.25, 0.3) is 6.08 Å². The van der Waals surface area contributed by atoms with Crippen molar-refractivity contribution in [1.82, 2.24) is 5.32 Å². The Balaban J connectivity index is 2.30. The second kappa shape index (κ2) is 5.22. The molecule has 0 radical (unpaired) electrons. The highest BCUT2D eigenvalue weighted by atomic mass is 16.2. The van der Waals surface area contributed by atoms with Gasteiger partial charge in [-0.15, -0.1) is 0 Å². The van der Waals surface area contributed by atoms with Crippen LogP contribution in [-0.4, -0.2) is 11.6 Å². The molecule has 1 aliphatic rings. The van der Waals surface area contributed by atoms with Gasteiger partial charge < -0.3 is 5.32 Å². The number of Topliss-reactive ketones (excluding diaryl/α,β-unsaturated/α-hetero) is 2. The predicted molar refractivity (Wildman–Crippen MR) is 75.1 cm³/mol. The maximum Gasteiger partial charge on any atom is 0.214 e. The van der Waals surface area contributed by atoms with Crippen molar-refractivity contribution in [1.29, 1.82) is 0 Å². The van der Waals surface area contributed by atoms with Crippen LogP contribution in [0.15, 0.2) is 47.3 Å². The highest BCUT2D eigenvalue weighted by molar-refractivity contribution is 6.29. The van der Waals surface area contributed by atoms with Gasteiger partial charge in [0.15, 0.2) is 5.78 Å². The molecule has 0 aromatic heterocycles. The number of carbonyl (C=O) groups excluding carboxylic acids is 2. The van der Waals surface area contributed by atoms with Gasteiger partial charge in [-0.25, -0.2) is 0 Å². The standard InChI is InChI=1S/C16H17NO2/c1-10(2)15(18)14-11(3)17-13(16(14)19)9-12-7-5-4-6-8-12/h4-10,17H,1-3H3/b13-9+. The molecule has 98 valence electrons. The molecule has 1 aliphatic heterocycles. The Bertz CT molecular complexity index is 580. The quantitative estimate of drug-likeness (QED) is 0.667. The summed E-state index contributed by atoms with van der Waals surface area (Å²) in [5.41, 5.74) is 2.33. The van der Waals surface area contributed by atoms with Crippen molar-refractivity contribution in [2.24, 2.45) is 5.92 Å². The number of hydrogen-bond donors (Lipinski definition) is 1. The zero-order valence-electron chi connectivity index (χ0n) is 11.4. The molecule has 3 nitrogen and oxygen atoms in total. The van der Waals surface area contributed by atoms with Gasteiger partial charge in [-0.2, -0.15) is 0 Å². The molecule has 0 spiro atoms. The van der Waals surface area contributed by atoms with Crippen LogP contribution in [0.4, 0.5) is 0 Å². The van der Waals surface area contributed by atoms with Gasteiger partial charge in [-0.1, -0.05) is 44.2 Å². The van der Waals surface area contributed by atoms with Crippen LogP contribution in [0.2, 0.25) is 0 Å². The molecule has 3 heteroatoms. The summed E-state index contributed by atoms with van der Waals surface area (Å²) < 4.78 is 0. The first-order chi connectivity index (χ1) is 9.00. The Morgan fingerprint density at radius 2 is 1.84 bits per heavy atom. The monoisotopic (exact) mass is 255 g/mol. The molecule has 0 unspecified atom stereocenters. The van der Waals surface area contributed by atoms with Gasteiger partial charge in [0.25, 0.3) is 0 Å². The lowest BCUT2D eigenvalue weighted by Gasteiger charge is -2.03. The fourth-order valence-electron chi connectivity index (χ4n) is 2.03. The van der Waals surface area contributed by atoms with Gasteiger partial charge in [0.2, 0.25) is 5.78 Å². The van der Waals surface area contributed by atoms with Crippen molar-refractivity contribution >= 4 is 17.6 Å². The van der Waals surface area contributed by atoms with E-state index in [1.54, 1.807) is 26.8 Å². The Morgan fingerprint density at radius 3 is 2.42 bits per heavy atom. The molecule has 1 N–H and O–H groups in total. The molecule has 2 rings (SSSR count). The summed E-state index contributed by atoms with van der Waals surface area (Å²) in [4.78, 5) is 24.3. The van der Waals surface area contributed by atoms with Crippen LogP contribution in [-0.2, 0) is 9.59 Å². The van der Waals surface area contributed by atoms with Gasteiger partial charge >= 0.3 is 0 Å². The average molecular weight is 255 g/mol. The minimum absolute atomic E-state index is 0.105. The van der Waals surface area contributed by atoms with Crippen molar-refractivity contribution in [2.75, 3.05) is 0 Å². The first-order valence-corrected chi connectivity index (χ1v) is 6.34. The summed E-state index contributed by atoms with van der Waals surface area (Å²) in [6.45, 7) is 5.36. The maximum absolute atomic E-state index is 12.3. The number of carbonyl (C=O) groups is 2. The second-order valence-corrected chi connectivity index (χ2v) is 4.94. The minimum atomic E-state index is -0.208. The molecular formula is C16H17NO2. The zero-order valence-corrected chi connectivity index (χ0v) is 11.4. The van der Waals surface area contributed by atoms with Crippen LogP contribution in [0.1, 0.15) is 26.3 Å². The Labute approximate surface area is 113 Å². The summed E-state index contributed by atoms with van der Waals surface area (Å²) in [5.74, 6) is -0.488. The third-order valence-corrected chi connectivity index (χ3v) is 3.05. The molecule has 0 aliphatic carbocycles. The normalized spacial score (nSPS) is 17.3. The van der Waals surface area contributed by atoms with Gasteiger partial charge in [-0.3, -0.25) is 9.59 Å². The summed E-state index contributed by atoms with van der Waals surface area (Å²) >= 11 is 0. The van der Waals surface area contributed by atoms with Gasteiger partial charge in [-0.05, 0) is 18.6 Å². The number of ketones is 2. The van der Waals surface area contributed by atoms with Crippen LogP contribution >= 0.6 is 0 Å². The van der Waals surface area contributed by atoms with Gasteiger partial charge in [0, 0.05) is 11.6 Å². The van der Waals surface area contributed by atoms with Crippen LogP contribution in [0.3, 0.4) is 0 Å². The van der Waals surface area contributed by atoms with E-state index in [-0.39, 0.29) is 23.1 Å². The largest absolute Gasteiger partial charge is 0.355 e. The molecule has 0 bridgehead atoms. The van der Waals surface area contributed by atoms with E-state index in [0.29, 0.717) is 11.4 Å². The molecule has 0 amide bonds. The smallest absolute Gasteiger partial charge is 0.214 e. The predicted octanol–water partition coefficient (Wildman–Crippen LogP) is 2.70. The molecule has 0 saturated heterocycles. The van der Waals surface area contributed by atoms with Crippen molar-refractivity contribution in [3.05, 3.63) is 52.9 Å². The average Bonchev–Trinajstić information content (AvgIpc) is 2.65. The van der Waals surface area contributed by atoms with E-state index in [4.69, 9.17) is 0 Å². The van der Waals surface area contributed by atoms with E-state index in [2.05, 4.69) is 5.32 Å². The lowest BCUT2D eigenvalue weighted by atomic mass is 9.97. The van der Waals surface area contributed by atoms with Gasteiger partial charge in [0.1, 0.15) is 0 Å². The fourth-order valence-corrected chi connectivity index (χ4v) is 2.03. The number of benzene rings is 1. The third-order valence-electron chi connectivity index (χ3n) is 3.05. The number of rotatable bonds is 3. The molecular weight excluding hydrogens is 238 g/mol. The SMILES string of the molecule is CC1=C(C(=O)C(C)C)C(=O)/C(=C\c2ccccc2)N1. The van der Waals surface area contributed by atoms with Crippen molar-refractivity contribution in [3.63, 3.8) is 0 Å².